The lowest BCUT2D eigenvalue weighted by molar-refractivity contribution is -0.118. The van der Waals surface area contributed by atoms with Gasteiger partial charge >= 0.3 is 0 Å². The molecule has 0 N–H and O–H groups in total. The first-order chi connectivity index (χ1) is 15.0. The van der Waals surface area contributed by atoms with Crippen molar-refractivity contribution >= 4 is 23.4 Å². The van der Waals surface area contributed by atoms with Crippen LogP contribution in [-0.4, -0.2) is 26.8 Å². The van der Waals surface area contributed by atoms with Crippen molar-refractivity contribution < 1.29 is 13.9 Å². The predicted octanol–water partition coefficient (Wildman–Crippen LogP) is 5.32. The van der Waals surface area contributed by atoms with E-state index in [1.54, 1.807) is 18.2 Å². The van der Waals surface area contributed by atoms with Crippen molar-refractivity contribution in [1.82, 2.24) is 15.2 Å². The highest BCUT2D eigenvalue weighted by Gasteiger charge is 2.35. The van der Waals surface area contributed by atoms with Crippen molar-refractivity contribution in [3.63, 3.8) is 0 Å². The number of ether oxygens (including phenoxy) is 1. The number of benzene rings is 2. The van der Waals surface area contributed by atoms with Crippen molar-refractivity contribution in [3.8, 4) is 17.1 Å². The van der Waals surface area contributed by atoms with Crippen LogP contribution in [0.1, 0.15) is 44.0 Å². The molecule has 0 radical (unpaired) electrons. The van der Waals surface area contributed by atoms with E-state index in [2.05, 4.69) is 22.1 Å². The molecular weight excluding hydrogens is 415 g/mol. The van der Waals surface area contributed by atoms with Gasteiger partial charge in [-0.3, -0.25) is 9.69 Å². The first-order valence-electron chi connectivity index (χ1n) is 10.2. The number of anilines is 1. The van der Waals surface area contributed by atoms with Crippen molar-refractivity contribution in [2.45, 2.75) is 45.0 Å². The fourth-order valence-electron chi connectivity index (χ4n) is 3.46. The van der Waals surface area contributed by atoms with Gasteiger partial charge in [-0.1, -0.05) is 54.9 Å². The second-order valence-electron chi connectivity index (χ2n) is 7.35. The second kappa shape index (κ2) is 9.01. The van der Waals surface area contributed by atoms with Crippen LogP contribution in [0.15, 0.2) is 47.6 Å². The van der Waals surface area contributed by atoms with Gasteiger partial charge in [0.05, 0.1) is 5.69 Å². The summed E-state index contributed by atoms with van der Waals surface area (Å²) in [4.78, 5) is 18.8. The molecule has 8 heteroatoms. The third-order valence-electron chi connectivity index (χ3n) is 5.00. The summed E-state index contributed by atoms with van der Waals surface area (Å²) in [5.41, 5.74) is 2.92. The van der Waals surface area contributed by atoms with Crippen LogP contribution >= 0.6 is 11.8 Å². The number of carbonyl (C=O) groups is 1. The first kappa shape index (κ1) is 21.2. The maximum atomic E-state index is 14.8. The van der Waals surface area contributed by atoms with Gasteiger partial charge < -0.3 is 4.74 Å². The van der Waals surface area contributed by atoms with E-state index in [0.717, 1.165) is 24.2 Å². The Morgan fingerprint density at radius 3 is 2.77 bits per heavy atom. The predicted molar refractivity (Wildman–Crippen MR) is 119 cm³/mol. The molecule has 1 amide bonds. The molecule has 1 aromatic heterocycles. The summed E-state index contributed by atoms with van der Waals surface area (Å²) in [6.45, 7) is 5.50. The molecule has 6 nitrogen and oxygen atoms in total. The smallest absolute Gasteiger partial charge is 0.247 e. The van der Waals surface area contributed by atoms with Gasteiger partial charge in [-0.2, -0.15) is 4.98 Å². The molecule has 0 saturated heterocycles. The number of halogens is 1. The zero-order valence-electron chi connectivity index (χ0n) is 17.6. The quantitative estimate of drug-likeness (QED) is 0.397. The van der Waals surface area contributed by atoms with E-state index in [4.69, 9.17) is 4.74 Å². The number of fused-ring (bicyclic) bond motifs is 3. The van der Waals surface area contributed by atoms with E-state index in [-0.39, 0.29) is 17.4 Å². The molecule has 1 atom stereocenters. The molecule has 0 aliphatic carbocycles. The third-order valence-corrected chi connectivity index (χ3v) is 5.92. The van der Waals surface area contributed by atoms with Crippen molar-refractivity contribution in [2.24, 2.45) is 0 Å². The van der Waals surface area contributed by atoms with Crippen LogP contribution in [0.3, 0.4) is 0 Å². The van der Waals surface area contributed by atoms with Crippen molar-refractivity contribution in [2.75, 3.05) is 10.7 Å². The fraction of sp³-hybridized carbons (Fsp3) is 0.304. The molecule has 1 aliphatic rings. The number of unbranched alkanes of at least 4 members (excludes halogenated alkanes) is 1. The molecule has 0 saturated carbocycles. The van der Waals surface area contributed by atoms with Crippen LogP contribution in [0, 0.1) is 12.7 Å². The van der Waals surface area contributed by atoms with E-state index >= 15 is 0 Å². The van der Waals surface area contributed by atoms with Gasteiger partial charge in [-0.25, -0.2) is 4.39 Å². The number of carbonyl (C=O) groups excluding carboxylic acids is 1. The summed E-state index contributed by atoms with van der Waals surface area (Å²) < 4.78 is 21.0. The Kier molecular flexibility index (Phi) is 6.18. The summed E-state index contributed by atoms with van der Waals surface area (Å²) in [6.07, 6.45) is 1.08. The molecule has 1 aliphatic heterocycles. The second-order valence-corrected chi connectivity index (χ2v) is 8.41. The van der Waals surface area contributed by atoms with E-state index in [9.17, 15) is 9.18 Å². The summed E-state index contributed by atoms with van der Waals surface area (Å²) in [6, 6.07) is 11.9. The maximum Gasteiger partial charge on any atom is 0.247 e. The van der Waals surface area contributed by atoms with Gasteiger partial charge in [0.25, 0.3) is 0 Å². The summed E-state index contributed by atoms with van der Waals surface area (Å²) >= 11 is 1.50. The molecule has 2 heterocycles. The fourth-order valence-corrected chi connectivity index (χ4v) is 4.33. The number of nitrogens with zero attached hydrogens (tertiary/aromatic N) is 4. The SMILES string of the molecule is CCCCSc1nnc2c(n1)OC(c1ccccc1F)N(C(C)=O)c1ccc(C)cc1-2. The lowest BCUT2D eigenvalue weighted by atomic mass is 10.0. The lowest BCUT2D eigenvalue weighted by Crippen LogP contribution is -2.36. The molecule has 0 spiro atoms. The number of rotatable bonds is 5. The van der Waals surface area contributed by atoms with Gasteiger partial charge in [-0.05, 0) is 31.5 Å². The van der Waals surface area contributed by atoms with Gasteiger partial charge in [0.2, 0.25) is 23.2 Å². The van der Waals surface area contributed by atoms with Gasteiger partial charge in [0.15, 0.2) is 5.69 Å². The number of aryl methyl sites for hydroxylation is 1. The number of amides is 1. The van der Waals surface area contributed by atoms with Crippen LogP contribution in [0.5, 0.6) is 5.88 Å². The summed E-state index contributed by atoms with van der Waals surface area (Å²) in [5.74, 6) is 0.355. The van der Waals surface area contributed by atoms with Gasteiger partial charge in [0.1, 0.15) is 5.82 Å². The molecule has 3 aromatic rings. The highest BCUT2D eigenvalue weighted by atomic mass is 32.2. The number of hydrogen-bond acceptors (Lipinski definition) is 6. The molecule has 0 bridgehead atoms. The Morgan fingerprint density at radius 1 is 1.23 bits per heavy atom. The van der Waals surface area contributed by atoms with E-state index in [1.807, 2.05) is 25.1 Å². The Balaban J connectivity index is 1.90. The maximum absolute atomic E-state index is 14.8. The third kappa shape index (κ3) is 4.25. The minimum atomic E-state index is -1.02. The van der Waals surface area contributed by atoms with E-state index < -0.39 is 12.0 Å². The summed E-state index contributed by atoms with van der Waals surface area (Å²) in [7, 11) is 0. The summed E-state index contributed by atoms with van der Waals surface area (Å²) in [5, 5.41) is 9.15. The molecule has 160 valence electrons. The highest BCUT2D eigenvalue weighted by Crippen LogP contribution is 2.44. The van der Waals surface area contributed by atoms with Crippen LogP contribution in [-0.2, 0) is 4.79 Å². The zero-order chi connectivity index (χ0) is 22.0. The van der Waals surface area contributed by atoms with Crippen LogP contribution in [0.4, 0.5) is 10.1 Å². The van der Waals surface area contributed by atoms with Crippen LogP contribution in [0.25, 0.3) is 11.3 Å². The molecule has 1 unspecified atom stereocenters. The van der Waals surface area contributed by atoms with E-state index in [1.165, 1.54) is 29.7 Å². The molecule has 2 aromatic carbocycles. The van der Waals surface area contributed by atoms with Crippen molar-refractivity contribution in [3.05, 3.63) is 59.4 Å². The van der Waals surface area contributed by atoms with E-state index in [0.29, 0.717) is 22.1 Å². The molecule has 0 fully saturated rings. The largest absolute Gasteiger partial charge is 0.447 e. The number of hydrogen-bond donors (Lipinski definition) is 0. The minimum Gasteiger partial charge on any atom is -0.447 e. The highest BCUT2D eigenvalue weighted by molar-refractivity contribution is 7.99. The standard InChI is InChI=1S/C23H23FN4O2S/c1-4-5-12-31-23-25-21-20(26-27-23)17-13-14(2)10-11-19(17)28(15(3)29)22(30-21)16-8-6-7-9-18(16)24/h6-11,13,22H,4-5,12H2,1-3H3. The first-order valence-corrected chi connectivity index (χ1v) is 11.2. The van der Waals surface area contributed by atoms with Gasteiger partial charge in [-0.15, -0.1) is 10.2 Å². The lowest BCUT2D eigenvalue weighted by Gasteiger charge is -2.30. The molecule has 31 heavy (non-hydrogen) atoms. The Bertz CT molecular complexity index is 1120. The number of thioether (sulfide) groups is 1. The average Bonchev–Trinajstić information content (AvgIpc) is 2.88. The topological polar surface area (TPSA) is 68.2 Å². The Hall–Kier alpha value is -3.00. The zero-order valence-corrected chi connectivity index (χ0v) is 18.4. The Morgan fingerprint density at radius 2 is 2.03 bits per heavy atom. The molecular formula is C23H23FN4O2S. The van der Waals surface area contributed by atoms with Crippen LogP contribution in [0.2, 0.25) is 0 Å². The van der Waals surface area contributed by atoms with Crippen molar-refractivity contribution in [1.29, 1.82) is 0 Å². The molecule has 4 rings (SSSR count). The Labute approximate surface area is 184 Å². The van der Waals surface area contributed by atoms with Gasteiger partial charge in [0, 0.05) is 23.8 Å². The average molecular weight is 439 g/mol. The van der Waals surface area contributed by atoms with Crippen LogP contribution < -0.4 is 9.64 Å². The normalized spacial score (nSPS) is 15.0. The number of aromatic nitrogens is 3. The minimum absolute atomic E-state index is 0.234. The monoisotopic (exact) mass is 438 g/mol.